The zero-order valence-corrected chi connectivity index (χ0v) is 12.0. The van der Waals surface area contributed by atoms with Crippen LogP contribution in [-0.2, 0) is 6.42 Å². The van der Waals surface area contributed by atoms with E-state index in [4.69, 9.17) is 4.74 Å². The molecule has 1 atom stereocenters. The number of aliphatic hydroxyl groups excluding tert-OH is 1. The maximum absolute atomic E-state index is 10.2. The van der Waals surface area contributed by atoms with Crippen LogP contribution in [0, 0.1) is 5.92 Å². The zero-order chi connectivity index (χ0) is 13.5. The van der Waals surface area contributed by atoms with E-state index >= 15 is 0 Å². The molecule has 1 aliphatic rings. The average molecular weight is 262 g/mol. The van der Waals surface area contributed by atoms with E-state index in [1.165, 1.54) is 37.7 Å². The average Bonchev–Trinajstić information content (AvgIpc) is 2.48. The Balaban J connectivity index is 1.72. The Bertz CT molecular complexity index is 369. The van der Waals surface area contributed by atoms with Gasteiger partial charge < -0.3 is 9.84 Å². The summed E-state index contributed by atoms with van der Waals surface area (Å²) < 4.78 is 5.75. The van der Waals surface area contributed by atoms with Crippen molar-refractivity contribution >= 4 is 0 Å². The first-order chi connectivity index (χ1) is 9.29. The van der Waals surface area contributed by atoms with Crippen LogP contribution < -0.4 is 4.74 Å². The number of aliphatic hydroxyl groups is 1. The van der Waals surface area contributed by atoms with Crippen LogP contribution in [0.1, 0.15) is 51.0 Å². The highest BCUT2D eigenvalue weighted by Gasteiger charge is 2.21. The largest absolute Gasteiger partial charge is 0.493 e. The van der Waals surface area contributed by atoms with E-state index in [0.717, 1.165) is 18.6 Å². The van der Waals surface area contributed by atoms with Crippen LogP contribution in [0.2, 0.25) is 0 Å². The van der Waals surface area contributed by atoms with Crippen LogP contribution in [-0.4, -0.2) is 17.8 Å². The first-order valence-electron chi connectivity index (χ1n) is 7.69. The van der Waals surface area contributed by atoms with Gasteiger partial charge in [0.25, 0.3) is 0 Å². The van der Waals surface area contributed by atoms with Gasteiger partial charge in [-0.25, -0.2) is 0 Å². The molecule has 0 radical (unpaired) electrons. The molecule has 0 aromatic heterocycles. The molecular weight excluding hydrogens is 236 g/mol. The zero-order valence-electron chi connectivity index (χ0n) is 12.0. The van der Waals surface area contributed by atoms with Crippen LogP contribution in [0.25, 0.3) is 0 Å². The van der Waals surface area contributed by atoms with Crippen molar-refractivity contribution in [3.63, 3.8) is 0 Å². The molecule has 1 aromatic carbocycles. The lowest BCUT2D eigenvalue weighted by Gasteiger charge is -2.26. The molecule has 1 aromatic rings. The highest BCUT2D eigenvalue weighted by Crippen LogP contribution is 2.27. The summed E-state index contributed by atoms with van der Waals surface area (Å²) in [4.78, 5) is 0. The Kier molecular flexibility index (Phi) is 5.71. The summed E-state index contributed by atoms with van der Waals surface area (Å²) in [7, 11) is 0. The van der Waals surface area contributed by atoms with Crippen molar-refractivity contribution in [1.29, 1.82) is 0 Å². The lowest BCUT2D eigenvalue weighted by molar-refractivity contribution is 0.0640. The third kappa shape index (κ3) is 4.54. The summed E-state index contributed by atoms with van der Waals surface area (Å²) >= 11 is 0. The third-order valence-electron chi connectivity index (χ3n) is 4.18. The minimum Gasteiger partial charge on any atom is -0.493 e. The number of ether oxygens (including phenoxy) is 1. The number of hydrogen-bond donors (Lipinski definition) is 1. The summed E-state index contributed by atoms with van der Waals surface area (Å²) in [5.74, 6) is 1.43. The molecule has 2 heteroatoms. The molecule has 106 valence electrons. The van der Waals surface area contributed by atoms with Crippen LogP contribution in [0.3, 0.4) is 0 Å². The van der Waals surface area contributed by atoms with Gasteiger partial charge in [-0.05, 0) is 42.9 Å². The van der Waals surface area contributed by atoms with Crippen molar-refractivity contribution in [2.24, 2.45) is 5.92 Å². The lowest BCUT2D eigenvalue weighted by Crippen LogP contribution is -2.24. The first kappa shape index (κ1) is 14.4. The maximum Gasteiger partial charge on any atom is 0.119 e. The second-order valence-electron chi connectivity index (χ2n) is 5.60. The second-order valence-corrected chi connectivity index (χ2v) is 5.60. The van der Waals surface area contributed by atoms with Crippen LogP contribution in [0.15, 0.2) is 24.3 Å². The molecule has 1 unspecified atom stereocenters. The van der Waals surface area contributed by atoms with E-state index in [-0.39, 0.29) is 6.10 Å². The fraction of sp³-hybridized carbons (Fsp3) is 0.647. The maximum atomic E-state index is 10.2. The molecule has 0 saturated heterocycles. The Morgan fingerprint density at radius 1 is 1.26 bits per heavy atom. The van der Waals surface area contributed by atoms with E-state index < -0.39 is 0 Å². The molecule has 1 N–H and O–H groups in total. The molecular formula is C17H26O2. The molecule has 0 amide bonds. The van der Waals surface area contributed by atoms with E-state index in [1.807, 2.05) is 12.1 Å². The normalized spacial score (nSPS) is 18.2. The first-order valence-corrected chi connectivity index (χ1v) is 7.69. The van der Waals surface area contributed by atoms with Gasteiger partial charge in [0, 0.05) is 6.42 Å². The molecule has 2 nitrogen and oxygen atoms in total. The Morgan fingerprint density at radius 3 is 2.79 bits per heavy atom. The number of benzene rings is 1. The smallest absolute Gasteiger partial charge is 0.119 e. The predicted molar refractivity (Wildman–Crippen MR) is 78.5 cm³/mol. The van der Waals surface area contributed by atoms with Gasteiger partial charge in [-0.1, -0.05) is 38.3 Å². The minimum absolute atomic E-state index is 0.186. The van der Waals surface area contributed by atoms with E-state index in [0.29, 0.717) is 12.5 Å². The third-order valence-corrected chi connectivity index (χ3v) is 4.18. The molecule has 2 rings (SSSR count). The van der Waals surface area contributed by atoms with Crippen LogP contribution >= 0.6 is 0 Å². The molecule has 19 heavy (non-hydrogen) atoms. The molecule has 0 heterocycles. The van der Waals surface area contributed by atoms with Crippen LogP contribution in [0.4, 0.5) is 0 Å². The van der Waals surface area contributed by atoms with Gasteiger partial charge in [0.05, 0.1) is 12.7 Å². The van der Waals surface area contributed by atoms with Crippen molar-refractivity contribution < 1.29 is 9.84 Å². The van der Waals surface area contributed by atoms with E-state index in [9.17, 15) is 5.11 Å². The molecule has 0 aliphatic heterocycles. The Hall–Kier alpha value is -1.02. The number of hydrogen-bond acceptors (Lipinski definition) is 2. The summed E-state index contributed by atoms with van der Waals surface area (Å²) in [6.45, 7) is 2.76. The van der Waals surface area contributed by atoms with Gasteiger partial charge in [0.15, 0.2) is 0 Å². The number of rotatable bonds is 6. The summed E-state index contributed by atoms with van der Waals surface area (Å²) in [5, 5.41) is 10.2. The van der Waals surface area contributed by atoms with Gasteiger partial charge in [0.2, 0.25) is 0 Å². The highest BCUT2D eigenvalue weighted by atomic mass is 16.5. The van der Waals surface area contributed by atoms with Crippen molar-refractivity contribution in [3.8, 4) is 5.75 Å². The Morgan fingerprint density at radius 2 is 2.05 bits per heavy atom. The molecule has 0 bridgehead atoms. The minimum atomic E-state index is -0.186. The van der Waals surface area contributed by atoms with E-state index in [1.54, 1.807) is 0 Å². The van der Waals surface area contributed by atoms with Crippen molar-refractivity contribution in [2.45, 2.75) is 58.0 Å². The second kappa shape index (κ2) is 7.54. The fourth-order valence-corrected chi connectivity index (χ4v) is 2.91. The summed E-state index contributed by atoms with van der Waals surface area (Å²) in [6, 6.07) is 8.23. The number of aryl methyl sites for hydroxylation is 1. The molecule has 1 saturated carbocycles. The van der Waals surface area contributed by atoms with Crippen molar-refractivity contribution in [3.05, 3.63) is 29.8 Å². The summed E-state index contributed by atoms with van der Waals surface area (Å²) in [5.41, 5.74) is 1.30. The lowest BCUT2D eigenvalue weighted by atomic mass is 9.84. The molecule has 0 spiro atoms. The SMILES string of the molecule is CCc1cccc(OCCC(O)C2CCCCC2)c1. The standard InChI is InChI=1S/C17H26O2/c1-2-14-7-6-10-16(13-14)19-12-11-17(18)15-8-4-3-5-9-15/h6-7,10,13,15,17-18H,2-5,8-9,11-12H2,1H3. The van der Waals surface area contributed by atoms with Crippen molar-refractivity contribution in [2.75, 3.05) is 6.61 Å². The molecule has 1 aliphatic carbocycles. The van der Waals surface area contributed by atoms with Gasteiger partial charge in [0.1, 0.15) is 5.75 Å². The fourth-order valence-electron chi connectivity index (χ4n) is 2.91. The van der Waals surface area contributed by atoms with Gasteiger partial charge in [-0.15, -0.1) is 0 Å². The van der Waals surface area contributed by atoms with Crippen LogP contribution in [0.5, 0.6) is 5.75 Å². The highest BCUT2D eigenvalue weighted by molar-refractivity contribution is 5.28. The van der Waals surface area contributed by atoms with E-state index in [2.05, 4.69) is 19.1 Å². The van der Waals surface area contributed by atoms with Crippen molar-refractivity contribution in [1.82, 2.24) is 0 Å². The van der Waals surface area contributed by atoms with Gasteiger partial charge >= 0.3 is 0 Å². The van der Waals surface area contributed by atoms with Gasteiger partial charge in [-0.2, -0.15) is 0 Å². The predicted octanol–water partition coefficient (Wildman–Crippen LogP) is 3.96. The monoisotopic (exact) mass is 262 g/mol. The quantitative estimate of drug-likeness (QED) is 0.841. The topological polar surface area (TPSA) is 29.5 Å². The van der Waals surface area contributed by atoms with Gasteiger partial charge in [-0.3, -0.25) is 0 Å². The molecule has 1 fully saturated rings. The Labute approximate surface area is 116 Å². The summed E-state index contributed by atoms with van der Waals surface area (Å²) in [6.07, 6.45) is 7.86.